The van der Waals surface area contributed by atoms with E-state index in [0.717, 1.165) is 32.1 Å². The Morgan fingerprint density at radius 1 is 0.579 bits per heavy atom. The van der Waals surface area contributed by atoms with Gasteiger partial charge in [0, 0.05) is 69.4 Å². The minimum absolute atomic E-state index is 0.0499. The summed E-state index contributed by atoms with van der Waals surface area (Å²) < 4.78 is 5.41. The number of aliphatic hydroxyl groups excluding tert-OH is 2. The van der Waals surface area contributed by atoms with Crippen LogP contribution in [0.3, 0.4) is 0 Å². The molecule has 1 aromatic rings. The van der Waals surface area contributed by atoms with Gasteiger partial charge in [0.2, 0.25) is 41.4 Å². The van der Waals surface area contributed by atoms with Gasteiger partial charge in [-0.3, -0.25) is 57.5 Å². The Kier molecular flexibility index (Phi) is 42.5. The molecule has 1 aliphatic heterocycles. The molecule has 0 aliphatic carbocycles. The average molecular weight is 1340 g/mol. The maximum atomic E-state index is 14.9. The van der Waals surface area contributed by atoms with E-state index in [1.54, 1.807) is 51.1 Å². The van der Waals surface area contributed by atoms with Crippen molar-refractivity contribution in [1.29, 1.82) is 0 Å². The summed E-state index contributed by atoms with van der Waals surface area (Å²) in [7, 11) is 0. The molecule has 1 heterocycles. The van der Waals surface area contributed by atoms with Gasteiger partial charge in [0.05, 0.1) is 61.4 Å². The van der Waals surface area contributed by atoms with Crippen LogP contribution < -0.4 is 43.0 Å². The Labute approximate surface area is 565 Å². The molecule has 13 atom stereocenters. The fraction of sp³-hybridized carbons (Fsp3) is 0.750. The molecule has 11 N–H and O–H groups in total. The number of nitrogens with one attached hydrogen (secondary N) is 7. The molecule has 1 saturated heterocycles. The van der Waals surface area contributed by atoms with Crippen LogP contribution in [0.25, 0.3) is 0 Å². The van der Waals surface area contributed by atoms with Crippen molar-refractivity contribution in [3.63, 3.8) is 0 Å². The Morgan fingerprint density at radius 2 is 1.12 bits per heavy atom. The Balaban J connectivity index is 2.66. The van der Waals surface area contributed by atoms with Crippen molar-refractivity contribution in [3.05, 3.63) is 35.9 Å². The number of unbranched alkanes of at least 4 members (excludes halogenated alkanes) is 5. The molecule has 23 nitrogen and oxygen atoms in total. The number of ketones is 5. The fourth-order valence-corrected chi connectivity index (χ4v) is 12.0. The number of Topliss-reactive ketones (excluding diaryl/α,β-unsaturated/α-hetero) is 5. The lowest BCUT2D eigenvalue weighted by Gasteiger charge is -2.28. The monoisotopic (exact) mass is 1340 g/mol. The zero-order chi connectivity index (χ0) is 71.0. The highest BCUT2D eigenvalue weighted by Crippen LogP contribution is 2.24. The number of carbonyl (C=O) groups is 12. The predicted molar refractivity (Wildman–Crippen MR) is 365 cm³/mol. The Bertz CT molecular complexity index is 2550. The second-order valence-corrected chi connectivity index (χ2v) is 26.6. The van der Waals surface area contributed by atoms with Gasteiger partial charge in [-0.15, -0.1) is 0 Å². The minimum Gasteiger partial charge on any atom is -0.393 e. The van der Waals surface area contributed by atoms with E-state index in [2.05, 4.69) is 44.1 Å². The van der Waals surface area contributed by atoms with Crippen LogP contribution in [0.5, 0.6) is 0 Å². The standard InChI is InChI=1S/C72H120N8O15/c1-11-17-18-19-20-24-32-50(41-53(83)34-37-95-38-35-73)66(88)76-58(27-14-4)65(87)45-55(48(10)82)70(92)77-57(26-13-3)62(84)42-51-33-36-74-69(91)54(47(9)81)44-64(86)59(28-15-5)78-71(93)60(29-16-6)79-72(94)61(39-46(7)8)80-68(90)52(40-49-30-22-21-23-31-49)43-63(85)56(25-12-2)75-67(51)89/h21-23,30-31,46-48,50-52,54-61,81-82H,11-20,24-29,32-45,73H2,1-10H3,(H,74,91)(H,75,89)(H,76,88)(H,77,92)(H,78,93)(H,79,94)(H,80,90)/t47-,48-,50-,51-,52+,54+,55+,56+,57+,58+,59+,60+,61+/m1/s1. The van der Waals surface area contributed by atoms with Crippen LogP contribution in [0.15, 0.2) is 30.3 Å². The first-order valence-electron chi connectivity index (χ1n) is 35.7. The molecular formula is C72H120N8O15. The summed E-state index contributed by atoms with van der Waals surface area (Å²) in [4.78, 5) is 171. The number of ether oxygens (including phenoxy) is 1. The summed E-state index contributed by atoms with van der Waals surface area (Å²) >= 11 is 0. The molecule has 0 radical (unpaired) electrons. The van der Waals surface area contributed by atoms with Crippen LogP contribution in [-0.4, -0.2) is 155 Å². The lowest BCUT2D eigenvalue weighted by Crippen LogP contribution is -2.56. The molecule has 0 unspecified atom stereocenters. The Morgan fingerprint density at radius 3 is 1.69 bits per heavy atom. The number of benzene rings is 1. The summed E-state index contributed by atoms with van der Waals surface area (Å²) in [5, 5.41) is 41.8. The molecule has 0 aromatic heterocycles. The van der Waals surface area contributed by atoms with Crippen LogP contribution in [-0.2, 0) is 68.7 Å². The molecule has 1 fully saturated rings. The lowest BCUT2D eigenvalue weighted by molar-refractivity contribution is -0.138. The van der Waals surface area contributed by atoms with Crippen molar-refractivity contribution in [2.45, 2.75) is 285 Å². The zero-order valence-electron chi connectivity index (χ0n) is 59.0. The van der Waals surface area contributed by atoms with Crippen LogP contribution in [0.2, 0.25) is 0 Å². The molecule has 7 amide bonds. The highest BCUT2D eigenvalue weighted by atomic mass is 16.5. The number of nitrogens with two attached hydrogens (primary N) is 1. The first-order valence-corrected chi connectivity index (χ1v) is 35.7. The van der Waals surface area contributed by atoms with E-state index in [4.69, 9.17) is 10.5 Å². The number of hydrogen-bond acceptors (Lipinski definition) is 16. The highest BCUT2D eigenvalue weighted by Gasteiger charge is 2.39. The second kappa shape index (κ2) is 47.6. The average Bonchev–Trinajstić information content (AvgIpc) is 1.85. The van der Waals surface area contributed by atoms with Gasteiger partial charge in [-0.05, 0) is 83.1 Å². The summed E-state index contributed by atoms with van der Waals surface area (Å²) in [6.07, 6.45) is 4.34. The number of aliphatic hydroxyl groups is 2. The molecule has 2 rings (SSSR count). The van der Waals surface area contributed by atoms with Crippen LogP contribution in [0.1, 0.15) is 235 Å². The van der Waals surface area contributed by atoms with Crippen molar-refractivity contribution in [2.24, 2.45) is 41.2 Å². The van der Waals surface area contributed by atoms with Crippen molar-refractivity contribution in [2.75, 3.05) is 26.3 Å². The summed E-state index contributed by atoms with van der Waals surface area (Å²) in [5.74, 6) is -13.1. The lowest BCUT2D eigenvalue weighted by atomic mass is 9.88. The summed E-state index contributed by atoms with van der Waals surface area (Å²) in [6.45, 7) is 18.0. The molecule has 1 aliphatic rings. The van der Waals surface area contributed by atoms with Crippen molar-refractivity contribution in [1.82, 2.24) is 37.2 Å². The van der Waals surface area contributed by atoms with Crippen molar-refractivity contribution in [3.8, 4) is 0 Å². The molecular weight excluding hydrogens is 1220 g/mol. The second-order valence-electron chi connectivity index (χ2n) is 26.6. The van der Waals surface area contributed by atoms with Gasteiger partial charge in [0.25, 0.3) is 0 Å². The van der Waals surface area contributed by atoms with Gasteiger partial charge >= 0.3 is 0 Å². The van der Waals surface area contributed by atoms with Gasteiger partial charge in [-0.2, -0.15) is 0 Å². The summed E-state index contributed by atoms with van der Waals surface area (Å²) in [5.41, 5.74) is 6.25. The zero-order valence-corrected chi connectivity index (χ0v) is 59.0. The molecule has 0 spiro atoms. The third-order valence-electron chi connectivity index (χ3n) is 17.7. The van der Waals surface area contributed by atoms with Gasteiger partial charge in [0.15, 0.2) is 23.1 Å². The molecule has 1 aromatic carbocycles. The quantitative estimate of drug-likeness (QED) is 0.0315. The largest absolute Gasteiger partial charge is 0.393 e. The molecule has 95 heavy (non-hydrogen) atoms. The van der Waals surface area contributed by atoms with E-state index in [0.29, 0.717) is 63.7 Å². The maximum absolute atomic E-state index is 14.9. The number of amides is 7. The van der Waals surface area contributed by atoms with E-state index >= 15 is 0 Å². The molecule has 538 valence electrons. The smallest absolute Gasteiger partial charge is 0.243 e. The van der Waals surface area contributed by atoms with E-state index < -0.39 is 162 Å². The van der Waals surface area contributed by atoms with E-state index in [-0.39, 0.29) is 95.5 Å². The first kappa shape index (κ1) is 84.8. The number of carbonyl (C=O) groups excluding carboxylic acids is 12. The van der Waals surface area contributed by atoms with E-state index in [1.807, 2.05) is 27.7 Å². The van der Waals surface area contributed by atoms with E-state index in [1.165, 1.54) is 13.8 Å². The summed E-state index contributed by atoms with van der Waals surface area (Å²) in [6, 6.07) is 2.07. The third-order valence-corrected chi connectivity index (χ3v) is 17.7. The van der Waals surface area contributed by atoms with Crippen molar-refractivity contribution >= 4 is 70.3 Å². The van der Waals surface area contributed by atoms with Gasteiger partial charge in [-0.1, -0.05) is 156 Å². The molecule has 23 heteroatoms. The van der Waals surface area contributed by atoms with Gasteiger partial charge in [-0.25, -0.2) is 0 Å². The normalized spacial score (nSPS) is 22.0. The van der Waals surface area contributed by atoms with Crippen molar-refractivity contribution < 1.29 is 72.5 Å². The van der Waals surface area contributed by atoms with Crippen LogP contribution >= 0.6 is 0 Å². The number of hydrogen-bond donors (Lipinski definition) is 10. The highest BCUT2D eigenvalue weighted by molar-refractivity contribution is 5.99. The minimum atomic E-state index is -1.42. The Hall–Kier alpha value is -6.30. The van der Waals surface area contributed by atoms with Crippen LogP contribution in [0.4, 0.5) is 0 Å². The third kappa shape index (κ3) is 32.5. The maximum Gasteiger partial charge on any atom is 0.243 e. The SMILES string of the molecule is CCCCCCCC[C@H](CC(=O)CCOCCN)C(=O)N[C@@H](CCC)C(=O)C[C@H](C(=O)N[C@@H](CCC)C(=O)C[C@H]1CCNC(=O)[C@H]([C@@H](C)O)CC(=O)[C@H](CCC)NC(=O)[C@H](CCC)NC(=O)[C@H](CC(C)C)NC(=O)[C@@H](Cc2ccccc2)CC(=O)[C@H](CCC)NC1=O)[C@@H](C)O. The molecule has 0 bridgehead atoms. The molecule has 0 saturated carbocycles. The first-order chi connectivity index (χ1) is 45.3. The van der Waals surface area contributed by atoms with Crippen LogP contribution in [0, 0.1) is 35.5 Å². The fourth-order valence-electron chi connectivity index (χ4n) is 12.0. The van der Waals surface area contributed by atoms with Gasteiger partial charge in [0.1, 0.15) is 17.9 Å². The number of rotatable bonds is 40. The van der Waals surface area contributed by atoms with Gasteiger partial charge < -0.3 is 57.9 Å². The van der Waals surface area contributed by atoms with E-state index in [9.17, 15) is 67.7 Å². The predicted octanol–water partition coefficient (Wildman–Crippen LogP) is 6.46. The topological polar surface area (TPSA) is 365 Å².